The molecule has 1 heterocycles. The number of amides is 4. The minimum atomic E-state index is -0.889. The molecule has 232 valence electrons. The molecule has 0 spiro atoms. The summed E-state index contributed by atoms with van der Waals surface area (Å²) in [5.74, 6) is -1.47. The van der Waals surface area contributed by atoms with Gasteiger partial charge in [-0.2, -0.15) is 0 Å². The molecule has 2 aromatic carbocycles. The fraction of sp³-hybridized carbons (Fsp3) is 0.529. The molecule has 4 amide bonds. The van der Waals surface area contributed by atoms with E-state index in [1.807, 2.05) is 67.6 Å². The molecular weight excluding hydrogens is 542 g/mol. The van der Waals surface area contributed by atoms with Crippen LogP contribution < -0.4 is 21.3 Å². The fourth-order valence-corrected chi connectivity index (χ4v) is 6.47. The van der Waals surface area contributed by atoms with Crippen molar-refractivity contribution in [3.63, 3.8) is 0 Å². The van der Waals surface area contributed by atoms with Gasteiger partial charge in [0.15, 0.2) is 0 Å². The van der Waals surface area contributed by atoms with Gasteiger partial charge in [0.05, 0.1) is 6.04 Å². The molecule has 0 aromatic heterocycles. The van der Waals surface area contributed by atoms with Gasteiger partial charge in [-0.25, -0.2) is 0 Å². The van der Waals surface area contributed by atoms with Gasteiger partial charge in [-0.15, -0.1) is 0 Å². The standard InChI is InChI=1S/C34H47N5O4/c1-4-36-33(42)30(28(24-15-8-5-9-16-24)25-17-10-6-11-18-25)38-32(41)27-21-14-22-39(27)34(43)29(26-19-12-7-13-20-26)37-31(40)23(2)35-3/h5-6,8-11,15-18,23,26-30,35H,4,7,12-14,19-22H2,1-3H3,(H,36,42)(H,37,40)(H,38,41)/t23-,27?,29?,30-/m0/s1. The number of hydrogen-bond donors (Lipinski definition) is 4. The molecule has 2 aliphatic rings. The molecule has 1 saturated heterocycles. The quantitative estimate of drug-likeness (QED) is 0.303. The number of benzene rings is 2. The Morgan fingerprint density at radius 1 is 0.814 bits per heavy atom. The monoisotopic (exact) mass is 589 g/mol. The lowest BCUT2D eigenvalue weighted by Gasteiger charge is -2.36. The van der Waals surface area contributed by atoms with E-state index in [0.717, 1.165) is 43.2 Å². The van der Waals surface area contributed by atoms with Crippen LogP contribution in [0.3, 0.4) is 0 Å². The maximum atomic E-state index is 14.1. The number of nitrogens with zero attached hydrogens (tertiary/aromatic N) is 1. The molecule has 2 aromatic rings. The van der Waals surface area contributed by atoms with Crippen molar-refractivity contribution in [1.29, 1.82) is 0 Å². The van der Waals surface area contributed by atoms with Gasteiger partial charge in [0.1, 0.15) is 18.1 Å². The Hall–Kier alpha value is -3.72. The van der Waals surface area contributed by atoms with E-state index in [1.165, 1.54) is 0 Å². The minimum absolute atomic E-state index is 0.0298. The number of rotatable bonds is 12. The van der Waals surface area contributed by atoms with Crippen molar-refractivity contribution in [3.05, 3.63) is 71.8 Å². The van der Waals surface area contributed by atoms with Crippen LogP contribution in [0.15, 0.2) is 60.7 Å². The molecule has 4 rings (SSSR count). The molecule has 9 nitrogen and oxygen atoms in total. The topological polar surface area (TPSA) is 120 Å². The average molecular weight is 590 g/mol. The van der Waals surface area contributed by atoms with Crippen LogP contribution in [0.4, 0.5) is 0 Å². The van der Waals surface area contributed by atoms with Gasteiger partial charge in [-0.1, -0.05) is 79.9 Å². The predicted octanol–water partition coefficient (Wildman–Crippen LogP) is 3.10. The van der Waals surface area contributed by atoms with Crippen molar-refractivity contribution < 1.29 is 19.2 Å². The van der Waals surface area contributed by atoms with Gasteiger partial charge in [-0.3, -0.25) is 19.2 Å². The SMILES string of the molecule is CCNC(=O)[C@@H](NC(=O)C1CCCN1C(=O)C(NC(=O)[C@H](C)NC)C1CCCCC1)C(c1ccccc1)c1ccccc1. The predicted molar refractivity (Wildman–Crippen MR) is 167 cm³/mol. The van der Waals surface area contributed by atoms with Crippen molar-refractivity contribution in [2.24, 2.45) is 5.92 Å². The summed E-state index contributed by atoms with van der Waals surface area (Å²) in [6.45, 7) is 4.47. The first kappa shape index (κ1) is 32.2. The van der Waals surface area contributed by atoms with Gasteiger partial charge in [0.25, 0.3) is 0 Å². The molecule has 1 saturated carbocycles. The highest BCUT2D eigenvalue weighted by molar-refractivity contribution is 5.95. The Balaban J connectivity index is 1.61. The van der Waals surface area contributed by atoms with E-state index < -0.39 is 30.1 Å². The van der Waals surface area contributed by atoms with E-state index in [2.05, 4.69) is 21.3 Å². The van der Waals surface area contributed by atoms with Crippen LogP contribution in [0.5, 0.6) is 0 Å². The summed E-state index contributed by atoms with van der Waals surface area (Å²) in [4.78, 5) is 56.3. The molecule has 2 unspecified atom stereocenters. The summed E-state index contributed by atoms with van der Waals surface area (Å²) in [5.41, 5.74) is 1.81. The lowest BCUT2D eigenvalue weighted by molar-refractivity contribution is -0.143. The summed E-state index contributed by atoms with van der Waals surface area (Å²) < 4.78 is 0. The van der Waals surface area contributed by atoms with Gasteiger partial charge in [0.2, 0.25) is 23.6 Å². The zero-order valence-electron chi connectivity index (χ0n) is 25.7. The van der Waals surface area contributed by atoms with Crippen molar-refractivity contribution in [1.82, 2.24) is 26.2 Å². The van der Waals surface area contributed by atoms with Crippen LogP contribution in [0.2, 0.25) is 0 Å². The second-order valence-corrected chi connectivity index (χ2v) is 11.8. The number of nitrogens with one attached hydrogen (secondary N) is 4. The molecule has 43 heavy (non-hydrogen) atoms. The van der Waals surface area contributed by atoms with E-state index in [9.17, 15) is 19.2 Å². The number of carbonyl (C=O) groups excluding carboxylic acids is 4. The normalized spacial score (nSPS) is 19.3. The van der Waals surface area contributed by atoms with Crippen molar-refractivity contribution in [2.45, 2.75) is 88.9 Å². The lowest BCUT2D eigenvalue weighted by atomic mass is 9.83. The van der Waals surface area contributed by atoms with Crippen LogP contribution in [0, 0.1) is 5.92 Å². The van der Waals surface area contributed by atoms with Gasteiger partial charge in [-0.05, 0) is 63.6 Å². The van der Waals surface area contributed by atoms with Crippen LogP contribution in [0.25, 0.3) is 0 Å². The first-order valence-electron chi connectivity index (χ1n) is 15.8. The van der Waals surface area contributed by atoms with E-state index in [-0.39, 0.29) is 29.5 Å². The molecule has 2 fully saturated rings. The van der Waals surface area contributed by atoms with Crippen LogP contribution in [-0.4, -0.2) is 72.8 Å². The highest BCUT2D eigenvalue weighted by Gasteiger charge is 2.42. The van der Waals surface area contributed by atoms with Gasteiger partial charge >= 0.3 is 0 Å². The van der Waals surface area contributed by atoms with E-state index in [1.54, 1.807) is 18.9 Å². The molecule has 0 radical (unpaired) electrons. The maximum absolute atomic E-state index is 14.1. The molecule has 1 aliphatic heterocycles. The smallest absolute Gasteiger partial charge is 0.246 e. The summed E-state index contributed by atoms with van der Waals surface area (Å²) in [6.07, 6.45) is 6.07. The molecule has 4 atom stereocenters. The van der Waals surface area contributed by atoms with Crippen LogP contribution >= 0.6 is 0 Å². The number of likely N-dealkylation sites (N-methyl/N-ethyl adjacent to an activating group) is 2. The highest BCUT2D eigenvalue weighted by Crippen LogP contribution is 2.31. The first-order valence-corrected chi connectivity index (χ1v) is 15.8. The second kappa shape index (κ2) is 15.7. The van der Waals surface area contributed by atoms with Gasteiger partial charge < -0.3 is 26.2 Å². The van der Waals surface area contributed by atoms with Crippen molar-refractivity contribution in [3.8, 4) is 0 Å². The van der Waals surface area contributed by atoms with Crippen LogP contribution in [0.1, 0.15) is 75.8 Å². The Labute approximate surface area is 255 Å². The van der Waals surface area contributed by atoms with Gasteiger partial charge in [0, 0.05) is 19.0 Å². The third-order valence-electron chi connectivity index (χ3n) is 8.93. The Morgan fingerprint density at radius 3 is 1.98 bits per heavy atom. The summed E-state index contributed by atoms with van der Waals surface area (Å²) in [7, 11) is 1.71. The largest absolute Gasteiger partial charge is 0.355 e. The molecule has 4 N–H and O–H groups in total. The molecule has 0 bridgehead atoms. The lowest BCUT2D eigenvalue weighted by Crippen LogP contribution is -2.59. The Kier molecular flexibility index (Phi) is 11.7. The number of hydrogen-bond acceptors (Lipinski definition) is 5. The van der Waals surface area contributed by atoms with Crippen LogP contribution in [-0.2, 0) is 19.2 Å². The Morgan fingerprint density at radius 2 is 1.42 bits per heavy atom. The van der Waals surface area contributed by atoms with E-state index in [4.69, 9.17) is 0 Å². The third kappa shape index (κ3) is 8.02. The molecular formula is C34H47N5O4. The molecule has 9 heteroatoms. The highest BCUT2D eigenvalue weighted by atomic mass is 16.2. The second-order valence-electron chi connectivity index (χ2n) is 11.8. The van der Waals surface area contributed by atoms with E-state index in [0.29, 0.717) is 25.9 Å². The molecule has 1 aliphatic carbocycles. The van der Waals surface area contributed by atoms with Crippen molar-refractivity contribution >= 4 is 23.6 Å². The zero-order valence-corrected chi connectivity index (χ0v) is 25.7. The minimum Gasteiger partial charge on any atom is -0.355 e. The Bertz CT molecular complexity index is 1180. The summed E-state index contributed by atoms with van der Waals surface area (Å²) in [5, 5.41) is 11.9. The zero-order chi connectivity index (χ0) is 30.8. The maximum Gasteiger partial charge on any atom is 0.246 e. The number of carbonyl (C=O) groups is 4. The third-order valence-corrected chi connectivity index (χ3v) is 8.93. The average Bonchev–Trinajstić information content (AvgIpc) is 3.54. The summed E-state index contributed by atoms with van der Waals surface area (Å²) >= 11 is 0. The summed E-state index contributed by atoms with van der Waals surface area (Å²) in [6, 6.07) is 16.7. The van der Waals surface area contributed by atoms with Crippen molar-refractivity contribution in [2.75, 3.05) is 20.1 Å². The number of likely N-dealkylation sites (tertiary alicyclic amines) is 1. The van der Waals surface area contributed by atoms with E-state index >= 15 is 0 Å². The first-order chi connectivity index (χ1) is 20.8. The fourth-order valence-electron chi connectivity index (χ4n) is 6.47.